The van der Waals surface area contributed by atoms with Crippen LogP contribution < -0.4 is 0 Å². The van der Waals surface area contributed by atoms with Crippen molar-refractivity contribution in [2.24, 2.45) is 0 Å². The molecule has 0 bridgehead atoms. The molecule has 4 radical (unpaired) electrons. The van der Waals surface area contributed by atoms with E-state index < -0.39 is 0 Å². The maximum Gasteiger partial charge on any atom is 2.00 e. The molecule has 0 aromatic carbocycles. The minimum absolute atomic E-state index is 0. The van der Waals surface area contributed by atoms with Gasteiger partial charge in [-0.15, -0.1) is 0 Å². The Morgan fingerprint density at radius 2 is 0.273 bits per heavy atom. The minimum Gasteiger partial charge on any atom is -2.00 e. The van der Waals surface area contributed by atoms with Crippen LogP contribution >= 0.6 is 0 Å². The minimum atomic E-state index is 0. The molecule has 0 aliphatic rings. The Kier molecular flexibility index (Phi) is 17200. The summed E-state index contributed by atoms with van der Waals surface area (Å²) in [6.07, 6.45) is 0. The van der Waals surface area contributed by atoms with Gasteiger partial charge in [-0.25, -0.2) is 0 Å². The average molecular weight is 324 g/mol. The normalized spacial score (nSPS) is 0. The zero-order valence-corrected chi connectivity index (χ0v) is 9.66. The monoisotopic (exact) mass is 324 g/mol. The van der Waals surface area contributed by atoms with Crippen molar-refractivity contribution in [2.45, 2.75) is 0 Å². The maximum absolute atomic E-state index is 0. The van der Waals surface area contributed by atoms with E-state index in [0.717, 1.165) is 0 Å². The standard InChI is InChI=1S/2Mn.7O.2V/q2*+2;7*-2;;. The van der Waals surface area contributed by atoms with Crippen LogP contribution in [0.15, 0.2) is 0 Å². The van der Waals surface area contributed by atoms with Gasteiger partial charge in [0.05, 0.1) is 0 Å². The third-order valence-electron chi connectivity index (χ3n) is 0. The van der Waals surface area contributed by atoms with E-state index >= 15 is 0 Å². The molecule has 0 aliphatic carbocycles. The molecule has 0 heterocycles. The topological polar surface area (TPSA) is 200 Å². The van der Waals surface area contributed by atoms with Gasteiger partial charge >= 0.3 is 34.1 Å². The van der Waals surface area contributed by atoms with Crippen LogP contribution in [-0.2, 0) is 110 Å². The summed E-state index contributed by atoms with van der Waals surface area (Å²) in [6, 6.07) is 0. The summed E-state index contributed by atoms with van der Waals surface area (Å²) >= 11 is 0. The predicted octanol–water partition coefficient (Wildman–Crippen LogP) is -0.842. The molecule has 0 aromatic rings. The van der Waals surface area contributed by atoms with Crippen LogP contribution in [0.4, 0.5) is 0 Å². The van der Waals surface area contributed by atoms with Gasteiger partial charge in [-0.2, -0.15) is 0 Å². The second-order valence-electron chi connectivity index (χ2n) is 0. The average Bonchev–Trinajstić information content (AvgIpc) is 0. The molecule has 0 atom stereocenters. The molecule has 76 valence electrons. The van der Waals surface area contributed by atoms with Gasteiger partial charge in [0.25, 0.3) is 0 Å². The van der Waals surface area contributed by atoms with Gasteiger partial charge in [0, 0.05) is 37.1 Å². The molecule has 11 heteroatoms. The van der Waals surface area contributed by atoms with Crippen molar-refractivity contribution in [3.05, 3.63) is 0 Å². The first kappa shape index (κ1) is 495. The molecular formula is Mn2O7V2-10. The molecule has 0 aromatic heterocycles. The van der Waals surface area contributed by atoms with Gasteiger partial charge < -0.3 is 38.3 Å². The Morgan fingerprint density at radius 1 is 0.273 bits per heavy atom. The first-order valence-corrected chi connectivity index (χ1v) is 0. The molecule has 0 amide bonds. The van der Waals surface area contributed by atoms with Crippen molar-refractivity contribution in [1.82, 2.24) is 0 Å². The number of rotatable bonds is 0. The van der Waals surface area contributed by atoms with Crippen molar-refractivity contribution in [3.8, 4) is 0 Å². The largest absolute Gasteiger partial charge is 2.00 e. The van der Waals surface area contributed by atoms with Gasteiger partial charge in [-0.1, -0.05) is 0 Å². The van der Waals surface area contributed by atoms with E-state index in [1.54, 1.807) is 0 Å². The van der Waals surface area contributed by atoms with E-state index in [2.05, 4.69) is 0 Å². The molecular weight excluding hydrogens is 324 g/mol. The van der Waals surface area contributed by atoms with E-state index in [9.17, 15) is 0 Å². The molecule has 0 fully saturated rings. The van der Waals surface area contributed by atoms with Crippen molar-refractivity contribution >= 4 is 0 Å². The Morgan fingerprint density at radius 3 is 0.273 bits per heavy atom. The van der Waals surface area contributed by atoms with Crippen LogP contribution in [0.25, 0.3) is 0 Å². The Labute approximate surface area is 109 Å². The van der Waals surface area contributed by atoms with Gasteiger partial charge in [0.2, 0.25) is 0 Å². The molecule has 7 nitrogen and oxygen atoms in total. The summed E-state index contributed by atoms with van der Waals surface area (Å²) in [5.74, 6) is 0. The van der Waals surface area contributed by atoms with E-state index in [0.29, 0.717) is 0 Å². The zero-order chi connectivity index (χ0) is 0. The summed E-state index contributed by atoms with van der Waals surface area (Å²) in [4.78, 5) is 0. The smallest absolute Gasteiger partial charge is 2.00 e. The fourth-order valence-electron chi connectivity index (χ4n) is 0. The fourth-order valence-corrected chi connectivity index (χ4v) is 0. The SMILES string of the molecule is [Mn+2].[Mn+2].[O-2].[O-2].[O-2].[O-2].[O-2].[O-2].[O-2].[V].[V]. The van der Waals surface area contributed by atoms with Crippen LogP contribution in [0.3, 0.4) is 0 Å². The molecule has 0 aliphatic heterocycles. The third kappa shape index (κ3) is 316. The van der Waals surface area contributed by atoms with Crippen LogP contribution in [0.1, 0.15) is 0 Å². The quantitative estimate of drug-likeness (QED) is 0.500. The summed E-state index contributed by atoms with van der Waals surface area (Å²) in [6.45, 7) is 0. The van der Waals surface area contributed by atoms with Gasteiger partial charge in [-0.3, -0.25) is 0 Å². The summed E-state index contributed by atoms with van der Waals surface area (Å²) in [5, 5.41) is 0. The Bertz CT molecular complexity index is 14.4. The van der Waals surface area contributed by atoms with Gasteiger partial charge in [0.1, 0.15) is 0 Å². The predicted molar refractivity (Wildman–Crippen MR) is 4.81 cm³/mol. The van der Waals surface area contributed by atoms with Crippen molar-refractivity contribution < 1.29 is 110 Å². The molecule has 0 spiro atoms. The fraction of sp³-hybridized carbons (Fsp3) is 0. The second kappa shape index (κ2) is 383. The van der Waals surface area contributed by atoms with Gasteiger partial charge in [0.15, 0.2) is 0 Å². The first-order valence-electron chi connectivity index (χ1n) is 0. The van der Waals surface area contributed by atoms with Crippen LogP contribution in [0, 0.1) is 0 Å². The van der Waals surface area contributed by atoms with Crippen LogP contribution in [0.5, 0.6) is 0 Å². The van der Waals surface area contributed by atoms with Crippen LogP contribution in [0.2, 0.25) is 0 Å². The van der Waals surface area contributed by atoms with Crippen molar-refractivity contribution in [2.75, 3.05) is 0 Å². The van der Waals surface area contributed by atoms with E-state index in [4.69, 9.17) is 0 Å². The summed E-state index contributed by atoms with van der Waals surface area (Å²) in [7, 11) is 0. The van der Waals surface area contributed by atoms with E-state index in [-0.39, 0.29) is 110 Å². The second-order valence-corrected chi connectivity index (χ2v) is 0. The van der Waals surface area contributed by atoms with Crippen LogP contribution in [-0.4, -0.2) is 0 Å². The van der Waals surface area contributed by atoms with Crippen molar-refractivity contribution in [3.63, 3.8) is 0 Å². The Hall–Kier alpha value is 1.93. The molecule has 11 heavy (non-hydrogen) atoms. The third-order valence-corrected chi connectivity index (χ3v) is 0. The molecule has 0 saturated carbocycles. The summed E-state index contributed by atoms with van der Waals surface area (Å²) < 4.78 is 0. The zero-order valence-electron chi connectivity index (χ0n) is 4.51. The molecule has 0 rings (SSSR count). The Balaban J connectivity index is 0. The molecule has 0 N–H and O–H groups in total. The summed E-state index contributed by atoms with van der Waals surface area (Å²) in [5.41, 5.74) is 0. The van der Waals surface area contributed by atoms with Crippen molar-refractivity contribution in [1.29, 1.82) is 0 Å². The molecule has 0 unspecified atom stereocenters. The number of hydrogen-bond acceptors (Lipinski definition) is 0. The number of hydrogen-bond donors (Lipinski definition) is 0. The van der Waals surface area contributed by atoms with E-state index in [1.165, 1.54) is 0 Å². The van der Waals surface area contributed by atoms with Gasteiger partial charge in [-0.05, 0) is 0 Å². The first-order chi connectivity index (χ1) is 0. The molecule has 0 saturated heterocycles. The maximum atomic E-state index is 0. The van der Waals surface area contributed by atoms with E-state index in [1.807, 2.05) is 0 Å².